The van der Waals surface area contributed by atoms with Crippen molar-refractivity contribution >= 4 is 23.2 Å². The van der Waals surface area contributed by atoms with E-state index in [1.807, 2.05) is 0 Å². The third-order valence-electron chi connectivity index (χ3n) is 3.00. The summed E-state index contributed by atoms with van der Waals surface area (Å²) in [7, 11) is 0. The summed E-state index contributed by atoms with van der Waals surface area (Å²) >= 11 is 1.24. The minimum atomic E-state index is -1.10. The van der Waals surface area contributed by atoms with Crippen LogP contribution in [0.2, 0.25) is 0 Å². The number of hydrogen-bond acceptors (Lipinski definition) is 4. The fraction of sp³-hybridized carbons (Fsp3) is 0.267. The summed E-state index contributed by atoms with van der Waals surface area (Å²) in [6, 6.07) is 5.62. The predicted octanol–water partition coefficient (Wildman–Crippen LogP) is 2.63. The molecule has 0 spiro atoms. The van der Waals surface area contributed by atoms with Crippen LogP contribution in [0, 0.1) is 19.7 Å². The van der Waals surface area contributed by atoms with Gasteiger partial charge in [0.1, 0.15) is 17.2 Å². The zero-order valence-corrected chi connectivity index (χ0v) is 13.0. The number of carbonyl (C=O) groups is 2. The summed E-state index contributed by atoms with van der Waals surface area (Å²) in [6.07, 6.45) is 0. The van der Waals surface area contributed by atoms with Gasteiger partial charge in [-0.2, -0.15) is 0 Å². The standard InChI is InChI=1S/C15H15FN2O3S/c1-9-14(22-10(2)17-9)15(21)18(8-13(19)20)7-11-3-5-12(16)6-4-11/h3-6H,7-8H2,1-2H3,(H,19,20). The van der Waals surface area contributed by atoms with Crippen molar-refractivity contribution < 1.29 is 19.1 Å². The molecule has 1 heterocycles. The van der Waals surface area contributed by atoms with E-state index in [9.17, 15) is 14.0 Å². The minimum Gasteiger partial charge on any atom is -0.480 e. The summed E-state index contributed by atoms with van der Waals surface area (Å²) in [5.41, 5.74) is 1.25. The Morgan fingerprint density at radius 1 is 1.27 bits per heavy atom. The molecule has 0 aliphatic carbocycles. The molecule has 116 valence electrons. The number of aromatic nitrogens is 1. The lowest BCUT2D eigenvalue weighted by molar-refractivity contribution is -0.137. The molecular weight excluding hydrogens is 307 g/mol. The molecule has 0 fully saturated rings. The maximum absolute atomic E-state index is 12.9. The van der Waals surface area contributed by atoms with Gasteiger partial charge in [-0.05, 0) is 31.5 Å². The predicted molar refractivity (Wildman–Crippen MR) is 80.4 cm³/mol. The number of hydrogen-bond donors (Lipinski definition) is 1. The van der Waals surface area contributed by atoms with E-state index in [2.05, 4.69) is 4.98 Å². The van der Waals surface area contributed by atoms with E-state index in [0.29, 0.717) is 16.1 Å². The number of nitrogens with zero attached hydrogens (tertiary/aromatic N) is 2. The van der Waals surface area contributed by atoms with Gasteiger partial charge in [-0.1, -0.05) is 12.1 Å². The van der Waals surface area contributed by atoms with Gasteiger partial charge in [0.25, 0.3) is 5.91 Å². The third kappa shape index (κ3) is 3.88. The van der Waals surface area contributed by atoms with E-state index < -0.39 is 12.5 Å². The molecular formula is C15H15FN2O3S. The number of thiazole rings is 1. The lowest BCUT2D eigenvalue weighted by atomic mass is 10.2. The van der Waals surface area contributed by atoms with Crippen LogP contribution < -0.4 is 0 Å². The number of benzene rings is 1. The summed E-state index contributed by atoms with van der Waals surface area (Å²) in [5, 5.41) is 9.76. The first-order chi connectivity index (χ1) is 10.4. The highest BCUT2D eigenvalue weighted by atomic mass is 32.1. The Balaban J connectivity index is 2.25. The van der Waals surface area contributed by atoms with Gasteiger partial charge in [-0.3, -0.25) is 9.59 Å². The SMILES string of the molecule is Cc1nc(C)c(C(=O)N(CC(=O)O)Cc2ccc(F)cc2)s1. The molecule has 0 aliphatic rings. The second kappa shape index (κ2) is 6.65. The number of carbonyl (C=O) groups excluding carboxylic acids is 1. The Kier molecular flexibility index (Phi) is 4.87. The summed E-state index contributed by atoms with van der Waals surface area (Å²) in [5.74, 6) is -1.86. The van der Waals surface area contributed by atoms with Crippen LogP contribution >= 0.6 is 11.3 Å². The molecule has 1 aromatic heterocycles. The molecule has 0 saturated carbocycles. The summed E-state index contributed by atoms with van der Waals surface area (Å²) in [6.45, 7) is 3.18. The van der Waals surface area contributed by atoms with Gasteiger partial charge in [0.15, 0.2) is 0 Å². The third-order valence-corrected chi connectivity index (χ3v) is 4.06. The van der Waals surface area contributed by atoms with E-state index in [0.717, 1.165) is 5.01 Å². The Bertz CT molecular complexity index is 697. The fourth-order valence-electron chi connectivity index (χ4n) is 2.05. The Labute approximate surface area is 131 Å². The van der Waals surface area contributed by atoms with Crippen LogP contribution in [0.3, 0.4) is 0 Å². The maximum Gasteiger partial charge on any atom is 0.323 e. The second-order valence-electron chi connectivity index (χ2n) is 4.83. The largest absolute Gasteiger partial charge is 0.480 e. The highest BCUT2D eigenvalue weighted by Crippen LogP contribution is 2.20. The van der Waals surface area contributed by atoms with Crippen LogP contribution in [-0.2, 0) is 11.3 Å². The van der Waals surface area contributed by atoms with Gasteiger partial charge in [0.2, 0.25) is 0 Å². The molecule has 0 atom stereocenters. The van der Waals surface area contributed by atoms with E-state index >= 15 is 0 Å². The molecule has 1 aromatic carbocycles. The molecule has 0 bridgehead atoms. The minimum absolute atomic E-state index is 0.0990. The maximum atomic E-state index is 12.9. The molecule has 0 radical (unpaired) electrons. The number of aliphatic carboxylic acids is 1. The fourth-order valence-corrected chi connectivity index (χ4v) is 2.93. The van der Waals surface area contributed by atoms with Crippen molar-refractivity contribution in [1.82, 2.24) is 9.88 Å². The molecule has 0 saturated heterocycles. The average molecular weight is 322 g/mol. The van der Waals surface area contributed by atoms with Gasteiger partial charge in [-0.25, -0.2) is 9.37 Å². The van der Waals surface area contributed by atoms with E-state index in [-0.39, 0.29) is 18.3 Å². The Hall–Kier alpha value is -2.28. The van der Waals surface area contributed by atoms with Crippen LogP contribution in [0.25, 0.3) is 0 Å². The average Bonchev–Trinajstić information content (AvgIpc) is 2.78. The van der Waals surface area contributed by atoms with Crippen molar-refractivity contribution in [2.45, 2.75) is 20.4 Å². The summed E-state index contributed by atoms with van der Waals surface area (Å²) in [4.78, 5) is 29.4. The second-order valence-corrected chi connectivity index (χ2v) is 6.03. The lowest BCUT2D eigenvalue weighted by Gasteiger charge is -2.20. The normalized spacial score (nSPS) is 10.5. The quantitative estimate of drug-likeness (QED) is 0.918. The number of rotatable bonds is 5. The van der Waals surface area contributed by atoms with E-state index in [4.69, 9.17) is 5.11 Å². The highest BCUT2D eigenvalue weighted by molar-refractivity contribution is 7.13. The van der Waals surface area contributed by atoms with Crippen molar-refractivity contribution in [3.05, 3.63) is 51.2 Å². The monoisotopic (exact) mass is 322 g/mol. The zero-order chi connectivity index (χ0) is 16.3. The molecule has 7 heteroatoms. The number of carboxylic acids is 1. The highest BCUT2D eigenvalue weighted by Gasteiger charge is 2.23. The van der Waals surface area contributed by atoms with Gasteiger partial charge in [0.05, 0.1) is 10.7 Å². The molecule has 2 rings (SSSR count). The van der Waals surface area contributed by atoms with Crippen LogP contribution in [0.15, 0.2) is 24.3 Å². The van der Waals surface area contributed by atoms with Crippen molar-refractivity contribution in [3.8, 4) is 0 Å². The number of aryl methyl sites for hydroxylation is 2. The van der Waals surface area contributed by atoms with Crippen molar-refractivity contribution in [1.29, 1.82) is 0 Å². The van der Waals surface area contributed by atoms with E-state index in [1.165, 1.54) is 40.5 Å². The number of carboxylic acid groups (broad SMARTS) is 1. The molecule has 1 amide bonds. The molecule has 0 aliphatic heterocycles. The van der Waals surface area contributed by atoms with Gasteiger partial charge < -0.3 is 10.0 Å². The van der Waals surface area contributed by atoms with Crippen LogP contribution in [0.1, 0.15) is 25.9 Å². The van der Waals surface area contributed by atoms with E-state index in [1.54, 1.807) is 13.8 Å². The number of halogens is 1. The smallest absolute Gasteiger partial charge is 0.323 e. The first kappa shape index (κ1) is 16.1. The first-order valence-corrected chi connectivity index (χ1v) is 7.38. The van der Waals surface area contributed by atoms with Gasteiger partial charge >= 0.3 is 5.97 Å². The van der Waals surface area contributed by atoms with Crippen molar-refractivity contribution in [2.24, 2.45) is 0 Å². The van der Waals surface area contributed by atoms with Crippen LogP contribution in [0.5, 0.6) is 0 Å². The lowest BCUT2D eigenvalue weighted by Crippen LogP contribution is -2.35. The van der Waals surface area contributed by atoms with Gasteiger partial charge in [0, 0.05) is 6.54 Å². The topological polar surface area (TPSA) is 70.5 Å². The zero-order valence-electron chi connectivity index (χ0n) is 12.2. The summed E-state index contributed by atoms with van der Waals surface area (Å²) < 4.78 is 12.9. The number of amides is 1. The molecule has 5 nitrogen and oxygen atoms in total. The molecule has 0 unspecified atom stereocenters. The van der Waals surface area contributed by atoms with Crippen molar-refractivity contribution in [3.63, 3.8) is 0 Å². The Morgan fingerprint density at radius 3 is 2.41 bits per heavy atom. The van der Waals surface area contributed by atoms with Crippen LogP contribution in [-0.4, -0.2) is 33.4 Å². The van der Waals surface area contributed by atoms with Gasteiger partial charge in [-0.15, -0.1) is 11.3 Å². The first-order valence-electron chi connectivity index (χ1n) is 6.56. The van der Waals surface area contributed by atoms with Crippen molar-refractivity contribution in [2.75, 3.05) is 6.54 Å². The molecule has 22 heavy (non-hydrogen) atoms. The van der Waals surface area contributed by atoms with Crippen LogP contribution in [0.4, 0.5) is 4.39 Å². The molecule has 1 N–H and O–H groups in total. The Morgan fingerprint density at radius 2 is 1.91 bits per heavy atom. The molecule has 2 aromatic rings.